The van der Waals surface area contributed by atoms with E-state index in [0.717, 1.165) is 68.7 Å². The minimum absolute atomic E-state index is 0.121. The molecule has 0 amide bonds. The first-order valence-corrected chi connectivity index (χ1v) is 18.4. The number of nitrogens with zero attached hydrogens (tertiary/aromatic N) is 2. The monoisotopic (exact) mass is 650 g/mol. The Hall–Kier alpha value is -1.92. The summed E-state index contributed by atoms with van der Waals surface area (Å²) in [5, 5.41) is 0.793. The molecule has 2 saturated carbocycles. The van der Waals surface area contributed by atoms with Gasteiger partial charge in [0, 0.05) is 11.6 Å². The summed E-state index contributed by atoms with van der Waals surface area (Å²) < 4.78 is 12.2. The number of aryl methyl sites for hydroxylation is 2. The lowest BCUT2D eigenvalue weighted by Gasteiger charge is -2.35. The number of likely N-dealkylation sites (tertiary alicyclic amines) is 1. The summed E-state index contributed by atoms with van der Waals surface area (Å²) in [5.74, 6) is 0.638. The SMILES string of the molecule is CCOC(=O)C(c1cccc(C)c1C1CCC(OC2(C)CC2)CC1)N(C)CC[C@H](CCN1CCC(C)(C)C1)c1cc(Cl)ccc1C. The highest BCUT2D eigenvalue weighted by atomic mass is 35.5. The van der Waals surface area contributed by atoms with E-state index in [1.165, 1.54) is 48.1 Å². The van der Waals surface area contributed by atoms with Crippen LogP contribution in [0.25, 0.3) is 0 Å². The largest absolute Gasteiger partial charge is 0.465 e. The molecule has 6 heteroatoms. The lowest BCUT2D eigenvalue weighted by Crippen LogP contribution is -2.35. The molecule has 1 unspecified atom stereocenters. The second-order valence-corrected chi connectivity index (χ2v) is 16.2. The number of carbonyl (C=O) groups is 1. The average Bonchev–Trinajstić information content (AvgIpc) is 3.63. The normalized spacial score (nSPS) is 23.8. The van der Waals surface area contributed by atoms with Gasteiger partial charge in [0.1, 0.15) is 6.04 Å². The van der Waals surface area contributed by atoms with Crippen molar-refractivity contribution in [2.75, 3.05) is 39.8 Å². The lowest BCUT2D eigenvalue weighted by molar-refractivity contribution is -0.149. The van der Waals surface area contributed by atoms with E-state index < -0.39 is 6.04 Å². The number of hydrogen-bond acceptors (Lipinski definition) is 5. The Balaban J connectivity index is 1.34. The third-order valence-corrected chi connectivity index (χ3v) is 11.4. The highest BCUT2D eigenvalue weighted by Gasteiger charge is 2.42. The van der Waals surface area contributed by atoms with Crippen molar-refractivity contribution in [3.8, 4) is 0 Å². The van der Waals surface area contributed by atoms with Crippen molar-refractivity contribution < 1.29 is 14.3 Å². The molecule has 2 atom stereocenters. The van der Waals surface area contributed by atoms with Gasteiger partial charge in [-0.25, -0.2) is 4.79 Å². The molecule has 5 nitrogen and oxygen atoms in total. The van der Waals surface area contributed by atoms with Gasteiger partial charge in [0.25, 0.3) is 0 Å². The van der Waals surface area contributed by atoms with Gasteiger partial charge in [0.2, 0.25) is 0 Å². The minimum atomic E-state index is -0.435. The third-order valence-electron chi connectivity index (χ3n) is 11.2. The van der Waals surface area contributed by atoms with Crippen LogP contribution in [0, 0.1) is 19.3 Å². The fraction of sp³-hybridized carbons (Fsp3) is 0.675. The number of carbonyl (C=O) groups excluding carboxylic acids is 1. The van der Waals surface area contributed by atoms with Gasteiger partial charge in [-0.1, -0.05) is 49.7 Å². The molecule has 0 radical (unpaired) electrons. The Kier molecular flexibility index (Phi) is 11.6. The number of likely N-dealkylation sites (N-methyl/N-ethyl adjacent to an activating group) is 1. The van der Waals surface area contributed by atoms with Gasteiger partial charge in [-0.2, -0.15) is 0 Å². The van der Waals surface area contributed by atoms with Crippen LogP contribution in [0.2, 0.25) is 5.02 Å². The van der Waals surface area contributed by atoms with Crippen molar-refractivity contribution in [3.05, 3.63) is 69.2 Å². The molecule has 2 aromatic carbocycles. The topological polar surface area (TPSA) is 42.0 Å². The molecular formula is C40H59ClN2O3. The Bertz CT molecular complexity index is 1330. The van der Waals surface area contributed by atoms with Crippen LogP contribution >= 0.6 is 11.6 Å². The van der Waals surface area contributed by atoms with E-state index >= 15 is 0 Å². The molecule has 0 aromatic heterocycles. The van der Waals surface area contributed by atoms with Crippen molar-refractivity contribution in [2.24, 2.45) is 5.41 Å². The molecule has 0 N–H and O–H groups in total. The van der Waals surface area contributed by atoms with Crippen LogP contribution in [-0.4, -0.2) is 67.3 Å². The first-order chi connectivity index (χ1) is 21.9. The summed E-state index contributed by atoms with van der Waals surface area (Å²) >= 11 is 6.55. The number of ether oxygens (including phenoxy) is 2. The second kappa shape index (κ2) is 15.1. The predicted octanol–water partition coefficient (Wildman–Crippen LogP) is 9.38. The summed E-state index contributed by atoms with van der Waals surface area (Å²) in [7, 11) is 2.11. The van der Waals surface area contributed by atoms with E-state index in [4.69, 9.17) is 21.1 Å². The summed E-state index contributed by atoms with van der Waals surface area (Å²) in [6.45, 7) is 17.9. The van der Waals surface area contributed by atoms with Crippen LogP contribution in [0.4, 0.5) is 0 Å². The van der Waals surface area contributed by atoms with Crippen LogP contribution in [0.15, 0.2) is 36.4 Å². The van der Waals surface area contributed by atoms with Crippen LogP contribution in [-0.2, 0) is 14.3 Å². The van der Waals surface area contributed by atoms with Crippen molar-refractivity contribution in [2.45, 2.75) is 129 Å². The zero-order chi connectivity index (χ0) is 33.1. The zero-order valence-corrected chi connectivity index (χ0v) is 30.4. The Morgan fingerprint density at radius 2 is 1.74 bits per heavy atom. The Labute approximate surface area is 284 Å². The number of esters is 1. The molecule has 2 aromatic rings. The lowest BCUT2D eigenvalue weighted by atomic mass is 9.77. The van der Waals surface area contributed by atoms with Crippen LogP contribution in [0.5, 0.6) is 0 Å². The van der Waals surface area contributed by atoms with E-state index in [9.17, 15) is 4.79 Å². The maximum atomic E-state index is 13.8. The molecule has 0 bridgehead atoms. The second-order valence-electron chi connectivity index (χ2n) is 15.7. The first-order valence-electron chi connectivity index (χ1n) is 18.0. The van der Waals surface area contributed by atoms with Gasteiger partial charge >= 0.3 is 5.97 Å². The van der Waals surface area contributed by atoms with Gasteiger partial charge in [-0.05, 0) is 169 Å². The summed E-state index contributed by atoms with van der Waals surface area (Å²) in [6, 6.07) is 12.4. The molecule has 2 aliphatic carbocycles. The molecule has 46 heavy (non-hydrogen) atoms. The Morgan fingerprint density at radius 1 is 1.00 bits per heavy atom. The van der Waals surface area contributed by atoms with Crippen LogP contribution < -0.4 is 0 Å². The highest BCUT2D eigenvalue weighted by molar-refractivity contribution is 6.30. The van der Waals surface area contributed by atoms with E-state index in [0.29, 0.717) is 30.0 Å². The van der Waals surface area contributed by atoms with Gasteiger partial charge in [-0.3, -0.25) is 4.90 Å². The van der Waals surface area contributed by atoms with Gasteiger partial charge < -0.3 is 14.4 Å². The number of benzene rings is 2. The summed E-state index contributed by atoms with van der Waals surface area (Å²) in [5.41, 5.74) is 6.88. The summed E-state index contributed by atoms with van der Waals surface area (Å²) in [6.07, 6.45) is 10.4. The van der Waals surface area contributed by atoms with Gasteiger partial charge in [0.05, 0.1) is 18.3 Å². The average molecular weight is 651 g/mol. The minimum Gasteiger partial charge on any atom is -0.465 e. The van der Waals surface area contributed by atoms with Gasteiger partial charge in [-0.15, -0.1) is 0 Å². The van der Waals surface area contributed by atoms with Crippen molar-refractivity contribution in [1.82, 2.24) is 9.80 Å². The van der Waals surface area contributed by atoms with Crippen LogP contribution in [0.3, 0.4) is 0 Å². The molecule has 5 rings (SSSR count). The molecule has 1 aliphatic heterocycles. The molecule has 254 valence electrons. The number of hydrogen-bond donors (Lipinski definition) is 0. The van der Waals surface area contributed by atoms with Crippen LogP contribution in [0.1, 0.15) is 131 Å². The fourth-order valence-electron chi connectivity index (χ4n) is 8.18. The molecule has 3 fully saturated rings. The smallest absolute Gasteiger partial charge is 0.328 e. The first kappa shape index (κ1) is 35.4. The predicted molar refractivity (Wildman–Crippen MR) is 190 cm³/mol. The number of halogens is 1. The van der Waals surface area contributed by atoms with Crippen molar-refractivity contribution in [3.63, 3.8) is 0 Å². The van der Waals surface area contributed by atoms with E-state index in [1.54, 1.807) is 0 Å². The molecule has 1 heterocycles. The molecule has 3 aliphatic rings. The highest BCUT2D eigenvalue weighted by Crippen LogP contribution is 2.45. The van der Waals surface area contributed by atoms with E-state index in [-0.39, 0.29) is 11.6 Å². The zero-order valence-electron chi connectivity index (χ0n) is 29.7. The Morgan fingerprint density at radius 3 is 2.39 bits per heavy atom. The standard InChI is InChI=1S/C40H59ClN2O3/c1-8-45-38(44)37(34-11-9-10-29(3)36(34)31-13-16-33(17-14-31)46-40(6)20-21-40)42(7)23-18-30(35-26-32(41)15-12-28(35)2)19-24-43-25-22-39(4,5)27-43/h9-12,15,26,30-31,33,37H,8,13-14,16-25,27H2,1-7H3/t30-,31?,33?,37?/m1/s1. The van der Waals surface area contributed by atoms with E-state index in [1.807, 2.05) is 13.0 Å². The molecule has 0 spiro atoms. The molecule has 1 saturated heterocycles. The van der Waals surface area contributed by atoms with E-state index in [2.05, 4.69) is 81.8 Å². The van der Waals surface area contributed by atoms with Gasteiger partial charge in [0.15, 0.2) is 0 Å². The van der Waals surface area contributed by atoms with Crippen molar-refractivity contribution >= 4 is 17.6 Å². The maximum Gasteiger partial charge on any atom is 0.328 e. The maximum absolute atomic E-state index is 13.8. The molecular weight excluding hydrogens is 592 g/mol. The summed E-state index contributed by atoms with van der Waals surface area (Å²) in [4.78, 5) is 18.7. The fourth-order valence-corrected chi connectivity index (χ4v) is 8.36. The number of rotatable bonds is 14. The quantitative estimate of drug-likeness (QED) is 0.191. The third kappa shape index (κ3) is 8.95. The van der Waals surface area contributed by atoms with Crippen molar-refractivity contribution in [1.29, 1.82) is 0 Å².